The van der Waals surface area contributed by atoms with E-state index < -0.39 is 0 Å². The normalized spacial score (nSPS) is 16.1. The number of benzene rings is 1. The van der Waals surface area contributed by atoms with Crippen molar-refractivity contribution in [1.29, 1.82) is 5.26 Å². The van der Waals surface area contributed by atoms with Gasteiger partial charge in [0.2, 0.25) is 0 Å². The molecule has 0 atom stereocenters. The predicted molar refractivity (Wildman–Crippen MR) is 66.8 cm³/mol. The number of nitrogens with one attached hydrogen (secondary N) is 1. The molecule has 4 heteroatoms. The van der Waals surface area contributed by atoms with E-state index in [1.54, 1.807) is 6.07 Å². The Hall–Kier alpha value is -1.60. The Kier molecular flexibility index (Phi) is 3.83. The van der Waals surface area contributed by atoms with Crippen LogP contribution in [-0.2, 0) is 6.42 Å². The van der Waals surface area contributed by atoms with Crippen LogP contribution in [0.25, 0.3) is 0 Å². The van der Waals surface area contributed by atoms with Gasteiger partial charge >= 0.3 is 0 Å². The average molecular weight is 248 g/mol. The molecule has 0 spiro atoms. The van der Waals surface area contributed by atoms with E-state index in [0.717, 1.165) is 37.9 Å². The van der Waals surface area contributed by atoms with Gasteiger partial charge in [0, 0.05) is 6.54 Å². The van der Waals surface area contributed by atoms with E-state index in [1.165, 1.54) is 13.2 Å². The molecule has 0 amide bonds. The van der Waals surface area contributed by atoms with Gasteiger partial charge in [0.25, 0.3) is 0 Å². The number of halogens is 1. The molecule has 1 fully saturated rings. The number of nitrogens with zero attached hydrogens (tertiary/aromatic N) is 1. The van der Waals surface area contributed by atoms with Gasteiger partial charge in [0.05, 0.1) is 18.6 Å². The van der Waals surface area contributed by atoms with E-state index in [4.69, 9.17) is 10.00 Å². The zero-order valence-corrected chi connectivity index (χ0v) is 10.5. The summed E-state index contributed by atoms with van der Waals surface area (Å²) >= 11 is 0. The van der Waals surface area contributed by atoms with Gasteiger partial charge in [-0.2, -0.15) is 5.26 Å². The standard InChI is InChI=1S/C14H17FN2O/c1-18-13-3-2-11(8-12(13)15)4-7-17-10-14(9-16)5-6-14/h2-3,8,17H,4-7,10H2,1H3. The van der Waals surface area contributed by atoms with Crippen LogP contribution in [0.1, 0.15) is 18.4 Å². The Morgan fingerprint density at radius 3 is 2.83 bits per heavy atom. The van der Waals surface area contributed by atoms with Gasteiger partial charge in [-0.3, -0.25) is 0 Å². The van der Waals surface area contributed by atoms with Crippen molar-refractivity contribution >= 4 is 0 Å². The Balaban J connectivity index is 1.77. The molecule has 0 aliphatic heterocycles. The smallest absolute Gasteiger partial charge is 0.165 e. The first-order chi connectivity index (χ1) is 8.69. The highest BCUT2D eigenvalue weighted by Crippen LogP contribution is 2.43. The average Bonchev–Trinajstić information content (AvgIpc) is 3.16. The molecule has 0 bridgehead atoms. The first-order valence-electron chi connectivity index (χ1n) is 6.13. The first kappa shape index (κ1) is 12.8. The Bertz CT molecular complexity index is 463. The molecule has 1 saturated carbocycles. The molecule has 3 nitrogen and oxygen atoms in total. The second kappa shape index (κ2) is 5.36. The lowest BCUT2D eigenvalue weighted by molar-refractivity contribution is 0.386. The van der Waals surface area contributed by atoms with Gasteiger partial charge in [-0.25, -0.2) is 4.39 Å². The molecule has 1 aromatic rings. The molecule has 18 heavy (non-hydrogen) atoms. The number of methoxy groups -OCH3 is 1. The van der Waals surface area contributed by atoms with Crippen LogP contribution in [0.5, 0.6) is 5.75 Å². The van der Waals surface area contributed by atoms with Crippen molar-refractivity contribution in [3.63, 3.8) is 0 Å². The van der Waals surface area contributed by atoms with Crippen LogP contribution >= 0.6 is 0 Å². The van der Waals surface area contributed by atoms with Crippen molar-refractivity contribution in [1.82, 2.24) is 5.32 Å². The van der Waals surface area contributed by atoms with E-state index in [2.05, 4.69) is 11.4 Å². The van der Waals surface area contributed by atoms with Crippen molar-refractivity contribution in [3.05, 3.63) is 29.6 Å². The predicted octanol–water partition coefficient (Wildman–Crippen LogP) is 2.27. The van der Waals surface area contributed by atoms with E-state index >= 15 is 0 Å². The molecule has 2 rings (SSSR count). The second-order valence-corrected chi connectivity index (χ2v) is 4.79. The van der Waals surface area contributed by atoms with Gasteiger partial charge in [-0.15, -0.1) is 0 Å². The maximum absolute atomic E-state index is 13.4. The third-order valence-electron chi connectivity index (χ3n) is 3.36. The minimum absolute atomic E-state index is 0.120. The molecule has 1 N–H and O–H groups in total. The highest BCUT2D eigenvalue weighted by molar-refractivity contribution is 5.29. The Morgan fingerprint density at radius 1 is 1.50 bits per heavy atom. The monoisotopic (exact) mass is 248 g/mol. The van der Waals surface area contributed by atoms with E-state index in [9.17, 15) is 4.39 Å². The third kappa shape index (κ3) is 2.99. The minimum atomic E-state index is -0.328. The van der Waals surface area contributed by atoms with Crippen LogP contribution in [-0.4, -0.2) is 20.2 Å². The maximum atomic E-state index is 13.4. The van der Waals surface area contributed by atoms with Crippen LogP contribution in [0.2, 0.25) is 0 Å². The summed E-state index contributed by atoms with van der Waals surface area (Å²) < 4.78 is 18.3. The third-order valence-corrected chi connectivity index (χ3v) is 3.36. The van der Waals surface area contributed by atoms with Gasteiger partial charge in [0.15, 0.2) is 11.6 Å². The summed E-state index contributed by atoms with van der Waals surface area (Å²) in [6.07, 6.45) is 2.74. The number of hydrogen-bond donors (Lipinski definition) is 1. The molecular weight excluding hydrogens is 231 g/mol. The van der Waals surface area contributed by atoms with Crippen LogP contribution in [0.3, 0.4) is 0 Å². The number of rotatable bonds is 6. The van der Waals surface area contributed by atoms with Crippen molar-refractivity contribution in [2.45, 2.75) is 19.3 Å². The molecular formula is C14H17FN2O. The first-order valence-corrected chi connectivity index (χ1v) is 6.13. The van der Waals surface area contributed by atoms with Crippen LogP contribution in [0.15, 0.2) is 18.2 Å². The minimum Gasteiger partial charge on any atom is -0.494 e. The van der Waals surface area contributed by atoms with E-state index in [1.807, 2.05) is 6.07 Å². The summed E-state index contributed by atoms with van der Waals surface area (Å²) in [4.78, 5) is 0. The van der Waals surface area contributed by atoms with Crippen LogP contribution < -0.4 is 10.1 Å². The van der Waals surface area contributed by atoms with Crippen molar-refractivity contribution in [2.24, 2.45) is 5.41 Å². The lowest BCUT2D eigenvalue weighted by Gasteiger charge is -2.08. The van der Waals surface area contributed by atoms with Gasteiger partial charge < -0.3 is 10.1 Å². The SMILES string of the molecule is COc1ccc(CCNCC2(C#N)CC2)cc1F. The fourth-order valence-corrected chi connectivity index (χ4v) is 1.90. The second-order valence-electron chi connectivity index (χ2n) is 4.79. The summed E-state index contributed by atoms with van der Waals surface area (Å²) in [5, 5.41) is 12.2. The summed E-state index contributed by atoms with van der Waals surface area (Å²) in [7, 11) is 1.45. The van der Waals surface area contributed by atoms with E-state index in [-0.39, 0.29) is 17.0 Å². The quantitative estimate of drug-likeness (QED) is 0.785. The Labute approximate surface area is 107 Å². The number of hydrogen-bond acceptors (Lipinski definition) is 3. The van der Waals surface area contributed by atoms with Crippen LogP contribution in [0.4, 0.5) is 4.39 Å². The summed E-state index contributed by atoms with van der Waals surface area (Å²) in [6, 6.07) is 7.34. The molecule has 0 unspecified atom stereocenters. The topological polar surface area (TPSA) is 45.0 Å². The summed E-state index contributed by atoms with van der Waals surface area (Å²) in [5.74, 6) is -0.0567. The molecule has 0 aromatic heterocycles. The van der Waals surface area contributed by atoms with Crippen molar-refractivity contribution in [2.75, 3.05) is 20.2 Å². The maximum Gasteiger partial charge on any atom is 0.165 e. The van der Waals surface area contributed by atoms with Gasteiger partial charge in [-0.1, -0.05) is 6.07 Å². The number of ether oxygens (including phenoxy) is 1. The summed E-state index contributed by atoms with van der Waals surface area (Å²) in [5.41, 5.74) is 0.813. The fraction of sp³-hybridized carbons (Fsp3) is 0.500. The fourth-order valence-electron chi connectivity index (χ4n) is 1.90. The van der Waals surface area contributed by atoms with Crippen molar-refractivity contribution < 1.29 is 9.13 Å². The lowest BCUT2D eigenvalue weighted by Crippen LogP contribution is -2.25. The molecule has 1 aliphatic carbocycles. The Morgan fingerprint density at radius 2 is 2.28 bits per heavy atom. The zero-order chi connectivity index (χ0) is 13.0. The van der Waals surface area contributed by atoms with Crippen LogP contribution in [0, 0.1) is 22.6 Å². The van der Waals surface area contributed by atoms with Gasteiger partial charge in [-0.05, 0) is 43.5 Å². The highest BCUT2D eigenvalue weighted by atomic mass is 19.1. The number of nitriles is 1. The zero-order valence-electron chi connectivity index (χ0n) is 10.5. The molecule has 0 radical (unpaired) electrons. The molecule has 0 saturated heterocycles. The molecule has 1 aromatic carbocycles. The molecule has 1 aliphatic rings. The largest absolute Gasteiger partial charge is 0.494 e. The van der Waals surface area contributed by atoms with E-state index in [0.29, 0.717) is 0 Å². The lowest BCUT2D eigenvalue weighted by atomic mass is 10.1. The van der Waals surface area contributed by atoms with Crippen molar-refractivity contribution in [3.8, 4) is 11.8 Å². The highest BCUT2D eigenvalue weighted by Gasteiger charge is 2.42. The summed E-state index contributed by atoms with van der Waals surface area (Å²) in [6.45, 7) is 1.50. The molecule has 0 heterocycles. The molecule has 96 valence electrons. The van der Waals surface area contributed by atoms with Gasteiger partial charge in [0.1, 0.15) is 0 Å².